The molecule has 4 heteroatoms. The van der Waals surface area contributed by atoms with Gasteiger partial charge in [0.1, 0.15) is 18.1 Å². The van der Waals surface area contributed by atoms with Gasteiger partial charge in [-0.2, -0.15) is 4.98 Å². The number of oxazole rings is 1. The molecule has 2 atom stereocenters. The Morgan fingerprint density at radius 3 is 3.00 bits per heavy atom. The van der Waals surface area contributed by atoms with E-state index in [1.165, 1.54) is 25.5 Å². The zero-order chi connectivity index (χ0) is 11.4. The van der Waals surface area contributed by atoms with Crippen molar-refractivity contribution in [2.45, 2.75) is 51.7 Å². The Morgan fingerprint density at radius 2 is 2.31 bits per heavy atom. The van der Waals surface area contributed by atoms with Gasteiger partial charge in [0.25, 0.3) is 0 Å². The lowest BCUT2D eigenvalue weighted by atomic mass is 9.85. The van der Waals surface area contributed by atoms with Crippen LogP contribution in [0.2, 0.25) is 0 Å². The van der Waals surface area contributed by atoms with Gasteiger partial charge in [0.2, 0.25) is 0 Å². The van der Waals surface area contributed by atoms with Gasteiger partial charge in [0.05, 0.1) is 6.61 Å². The number of nitrogens with zero attached hydrogens (tertiary/aromatic N) is 1. The number of hydrogen-bond acceptors (Lipinski definition) is 4. The van der Waals surface area contributed by atoms with Crippen LogP contribution in [0.5, 0.6) is 6.08 Å². The van der Waals surface area contributed by atoms with Crippen LogP contribution >= 0.6 is 0 Å². The fourth-order valence-electron chi connectivity index (χ4n) is 2.34. The van der Waals surface area contributed by atoms with Crippen LogP contribution in [-0.2, 0) is 6.61 Å². The van der Waals surface area contributed by atoms with Gasteiger partial charge in [-0.05, 0) is 31.6 Å². The average molecular weight is 225 g/mol. The topological polar surface area (TPSA) is 55.5 Å². The molecular weight excluding hydrogens is 206 g/mol. The summed E-state index contributed by atoms with van der Waals surface area (Å²) in [5.74, 6) is 0.609. The molecule has 0 saturated heterocycles. The summed E-state index contributed by atoms with van der Waals surface area (Å²) < 4.78 is 10.9. The molecule has 1 N–H and O–H groups in total. The van der Waals surface area contributed by atoms with Gasteiger partial charge in [0, 0.05) is 0 Å². The van der Waals surface area contributed by atoms with E-state index in [2.05, 4.69) is 11.9 Å². The number of ether oxygens (including phenoxy) is 1. The van der Waals surface area contributed by atoms with Crippen LogP contribution in [0.15, 0.2) is 10.7 Å². The van der Waals surface area contributed by atoms with E-state index < -0.39 is 0 Å². The largest absolute Gasteiger partial charge is 0.447 e. The van der Waals surface area contributed by atoms with Crippen LogP contribution in [0.25, 0.3) is 0 Å². The van der Waals surface area contributed by atoms with Crippen molar-refractivity contribution in [1.29, 1.82) is 0 Å². The minimum absolute atomic E-state index is 0.102. The van der Waals surface area contributed by atoms with Gasteiger partial charge in [-0.25, -0.2) is 0 Å². The Morgan fingerprint density at radius 1 is 1.50 bits per heavy atom. The molecule has 1 fully saturated rings. The van der Waals surface area contributed by atoms with E-state index in [1.807, 2.05) is 0 Å². The number of aromatic nitrogens is 1. The lowest BCUT2D eigenvalue weighted by Gasteiger charge is -2.29. The van der Waals surface area contributed by atoms with Crippen molar-refractivity contribution >= 4 is 0 Å². The lowest BCUT2D eigenvalue weighted by molar-refractivity contribution is 0.0610. The first-order chi connectivity index (χ1) is 7.83. The van der Waals surface area contributed by atoms with Gasteiger partial charge in [-0.1, -0.05) is 13.3 Å². The van der Waals surface area contributed by atoms with Crippen molar-refractivity contribution in [2.75, 3.05) is 0 Å². The maximum Gasteiger partial charge on any atom is 0.394 e. The van der Waals surface area contributed by atoms with Gasteiger partial charge < -0.3 is 14.3 Å². The van der Waals surface area contributed by atoms with Gasteiger partial charge >= 0.3 is 6.08 Å². The Labute approximate surface area is 95.6 Å². The highest BCUT2D eigenvalue weighted by Gasteiger charge is 2.26. The molecule has 1 aromatic heterocycles. The van der Waals surface area contributed by atoms with Gasteiger partial charge in [-0.3, -0.25) is 0 Å². The zero-order valence-electron chi connectivity index (χ0n) is 9.69. The van der Waals surface area contributed by atoms with Crippen molar-refractivity contribution in [3.8, 4) is 6.08 Å². The van der Waals surface area contributed by atoms with Crippen molar-refractivity contribution in [1.82, 2.24) is 4.98 Å². The molecule has 16 heavy (non-hydrogen) atoms. The normalized spacial score (nSPS) is 25.6. The summed E-state index contributed by atoms with van der Waals surface area (Å²) in [5.41, 5.74) is 0.527. The molecule has 1 aliphatic carbocycles. The predicted octanol–water partition coefficient (Wildman–Crippen LogP) is 2.51. The maximum atomic E-state index is 8.88. The number of aliphatic hydroxyl groups excluding tert-OH is 1. The van der Waals surface area contributed by atoms with Gasteiger partial charge in [-0.15, -0.1) is 0 Å². The minimum atomic E-state index is -0.102. The van der Waals surface area contributed by atoms with E-state index in [9.17, 15) is 0 Å². The number of rotatable bonds is 4. The van der Waals surface area contributed by atoms with Crippen LogP contribution in [-0.4, -0.2) is 16.2 Å². The summed E-state index contributed by atoms with van der Waals surface area (Å²) >= 11 is 0. The van der Waals surface area contributed by atoms with E-state index in [0.717, 1.165) is 12.8 Å². The summed E-state index contributed by atoms with van der Waals surface area (Å²) in [6.45, 7) is 2.09. The molecule has 4 nitrogen and oxygen atoms in total. The highest BCUT2D eigenvalue weighted by atomic mass is 16.6. The second kappa shape index (κ2) is 5.34. The first-order valence-corrected chi connectivity index (χ1v) is 6.05. The molecule has 0 amide bonds. The molecule has 1 saturated carbocycles. The van der Waals surface area contributed by atoms with Crippen molar-refractivity contribution < 1.29 is 14.3 Å². The fourth-order valence-corrected chi connectivity index (χ4v) is 2.34. The summed E-state index contributed by atoms with van der Waals surface area (Å²) in [5, 5.41) is 8.88. The highest BCUT2D eigenvalue weighted by molar-refractivity contribution is 4.99. The van der Waals surface area contributed by atoms with E-state index >= 15 is 0 Å². The summed E-state index contributed by atoms with van der Waals surface area (Å²) in [7, 11) is 0. The fraction of sp³-hybridized carbons (Fsp3) is 0.750. The first-order valence-electron chi connectivity index (χ1n) is 6.05. The molecule has 1 aromatic rings. The Hall–Kier alpha value is -1.03. The van der Waals surface area contributed by atoms with Crippen molar-refractivity contribution in [3.05, 3.63) is 12.0 Å². The third-order valence-electron chi connectivity index (χ3n) is 3.31. The lowest BCUT2D eigenvalue weighted by Crippen LogP contribution is -2.30. The smallest absolute Gasteiger partial charge is 0.394 e. The second-order valence-corrected chi connectivity index (χ2v) is 4.37. The van der Waals surface area contributed by atoms with E-state index in [0.29, 0.717) is 17.7 Å². The molecule has 1 aliphatic rings. The van der Waals surface area contributed by atoms with Crippen molar-refractivity contribution in [3.63, 3.8) is 0 Å². The Kier molecular flexibility index (Phi) is 3.83. The average Bonchev–Trinajstić information content (AvgIpc) is 2.77. The number of aliphatic hydroxyl groups is 1. The van der Waals surface area contributed by atoms with Crippen LogP contribution in [0.4, 0.5) is 0 Å². The molecule has 2 unspecified atom stereocenters. The summed E-state index contributed by atoms with van der Waals surface area (Å²) in [6.07, 6.45) is 7.93. The first kappa shape index (κ1) is 11.5. The second-order valence-electron chi connectivity index (χ2n) is 4.37. The zero-order valence-corrected chi connectivity index (χ0v) is 9.69. The maximum absolute atomic E-state index is 8.88. The standard InChI is InChI=1S/C12H19NO3/c1-2-9-5-3-4-6-11(9)16-12-13-10(7-14)8-15-12/h8-9,11,14H,2-7H2,1H3. The van der Waals surface area contributed by atoms with E-state index in [1.54, 1.807) is 0 Å². The molecule has 1 heterocycles. The van der Waals surface area contributed by atoms with Crippen LogP contribution in [0.3, 0.4) is 0 Å². The predicted molar refractivity (Wildman–Crippen MR) is 59.1 cm³/mol. The molecule has 90 valence electrons. The van der Waals surface area contributed by atoms with E-state index in [-0.39, 0.29) is 12.7 Å². The summed E-state index contributed by atoms with van der Waals surface area (Å²) in [4.78, 5) is 4.05. The molecular formula is C12H19NO3. The third kappa shape index (κ3) is 2.55. The SMILES string of the molecule is CCC1CCCCC1Oc1nc(CO)co1. The molecule has 0 spiro atoms. The van der Waals surface area contributed by atoms with E-state index in [4.69, 9.17) is 14.3 Å². The molecule has 0 aliphatic heterocycles. The molecule has 0 aromatic carbocycles. The molecule has 0 radical (unpaired) electrons. The van der Waals surface area contributed by atoms with Gasteiger partial charge in [0.15, 0.2) is 0 Å². The quantitative estimate of drug-likeness (QED) is 0.855. The molecule has 2 rings (SSSR count). The van der Waals surface area contributed by atoms with Crippen LogP contribution in [0.1, 0.15) is 44.7 Å². The number of hydrogen-bond donors (Lipinski definition) is 1. The van der Waals surface area contributed by atoms with Crippen LogP contribution < -0.4 is 4.74 Å². The Bertz CT molecular complexity index is 324. The highest BCUT2D eigenvalue weighted by Crippen LogP contribution is 2.30. The monoisotopic (exact) mass is 225 g/mol. The summed E-state index contributed by atoms with van der Waals surface area (Å²) in [6, 6.07) is 0. The minimum Gasteiger partial charge on any atom is -0.447 e. The van der Waals surface area contributed by atoms with Crippen LogP contribution in [0, 0.1) is 5.92 Å². The Balaban J connectivity index is 1.96. The third-order valence-corrected chi connectivity index (χ3v) is 3.31. The van der Waals surface area contributed by atoms with Crippen molar-refractivity contribution in [2.24, 2.45) is 5.92 Å². The molecule has 0 bridgehead atoms.